The van der Waals surface area contributed by atoms with E-state index in [1.54, 1.807) is 18.3 Å². The third kappa shape index (κ3) is 3.09. The fraction of sp³-hybridized carbons (Fsp3) is 0.375. The number of piperazine rings is 1. The minimum atomic E-state index is -0.264. The van der Waals surface area contributed by atoms with Crippen LogP contribution in [0, 0.1) is 12.7 Å². The van der Waals surface area contributed by atoms with Crippen LogP contribution in [-0.2, 0) is 6.42 Å². The second kappa shape index (κ2) is 7.13. The van der Waals surface area contributed by atoms with Crippen LogP contribution in [0.2, 0.25) is 0 Å². The first-order valence-corrected chi connectivity index (χ1v) is 11.1. The van der Waals surface area contributed by atoms with E-state index in [4.69, 9.17) is 14.7 Å². The number of aryl methyl sites for hydroxylation is 1. The summed E-state index contributed by atoms with van der Waals surface area (Å²) in [5, 5.41) is 6.66. The largest absolute Gasteiger partial charge is 0.423 e. The standard InChI is InChI=1S/C24H25FN6O/c1-14-3-4-16(12-28-14)32-23-29-20-11-17-18(9-15(25)10-19(17)26-2)21(20)22(30-23)31-8-7-27-13-24(31)5-6-24/h3-4,9-10,12,26-27H,5-8,11,13H2,1-2H3. The van der Waals surface area contributed by atoms with Crippen molar-refractivity contribution < 1.29 is 9.13 Å². The first-order chi connectivity index (χ1) is 15.6. The summed E-state index contributed by atoms with van der Waals surface area (Å²) in [7, 11) is 1.82. The van der Waals surface area contributed by atoms with E-state index in [1.165, 1.54) is 0 Å². The van der Waals surface area contributed by atoms with E-state index in [0.717, 1.165) is 72.1 Å². The van der Waals surface area contributed by atoms with Crippen molar-refractivity contribution in [2.75, 3.05) is 36.9 Å². The Kier molecular flexibility index (Phi) is 4.33. The lowest BCUT2D eigenvalue weighted by Gasteiger charge is -2.38. The van der Waals surface area contributed by atoms with Gasteiger partial charge >= 0.3 is 6.01 Å². The SMILES string of the molecule is CNc1cc(F)cc2c1Cc1nc(Oc3ccc(C)nc3)nc(N3CCNCC34CC4)c1-2. The van der Waals surface area contributed by atoms with Gasteiger partial charge in [-0.2, -0.15) is 9.97 Å². The van der Waals surface area contributed by atoms with Crippen LogP contribution in [0.1, 0.15) is 29.8 Å². The van der Waals surface area contributed by atoms with Crippen molar-refractivity contribution in [1.29, 1.82) is 0 Å². The Labute approximate surface area is 186 Å². The number of anilines is 2. The molecular weight excluding hydrogens is 407 g/mol. The summed E-state index contributed by atoms with van der Waals surface area (Å²) in [6.07, 6.45) is 4.53. The molecule has 2 aliphatic carbocycles. The highest BCUT2D eigenvalue weighted by molar-refractivity contribution is 5.88. The summed E-state index contributed by atoms with van der Waals surface area (Å²) in [5.74, 6) is 1.18. The molecular formula is C24H25FN6O. The molecule has 0 atom stereocenters. The lowest BCUT2D eigenvalue weighted by atomic mass is 10.0. The highest BCUT2D eigenvalue weighted by Gasteiger charge is 2.51. The molecule has 1 spiro atoms. The van der Waals surface area contributed by atoms with Gasteiger partial charge in [0.1, 0.15) is 17.4 Å². The Balaban J connectivity index is 1.50. The maximum Gasteiger partial charge on any atom is 0.324 e. The molecule has 1 aromatic carbocycles. The van der Waals surface area contributed by atoms with E-state index in [9.17, 15) is 4.39 Å². The zero-order valence-corrected chi connectivity index (χ0v) is 18.2. The van der Waals surface area contributed by atoms with Gasteiger partial charge in [0.15, 0.2) is 0 Å². The molecule has 2 N–H and O–H groups in total. The summed E-state index contributed by atoms with van der Waals surface area (Å²) in [6.45, 7) is 4.60. The molecule has 7 nitrogen and oxygen atoms in total. The van der Waals surface area contributed by atoms with Gasteiger partial charge in [0.05, 0.1) is 17.4 Å². The molecule has 0 amide bonds. The van der Waals surface area contributed by atoms with Gasteiger partial charge < -0.3 is 20.3 Å². The second-order valence-corrected chi connectivity index (χ2v) is 8.85. The summed E-state index contributed by atoms with van der Waals surface area (Å²) < 4.78 is 20.5. The van der Waals surface area contributed by atoms with Crippen LogP contribution in [0.25, 0.3) is 11.1 Å². The van der Waals surface area contributed by atoms with Gasteiger partial charge in [0, 0.05) is 50.0 Å². The van der Waals surface area contributed by atoms with Crippen LogP contribution < -0.4 is 20.3 Å². The number of hydrogen-bond donors (Lipinski definition) is 2. The number of nitrogens with zero attached hydrogens (tertiary/aromatic N) is 4. The molecule has 2 aromatic heterocycles. The van der Waals surface area contributed by atoms with E-state index < -0.39 is 0 Å². The highest BCUT2D eigenvalue weighted by Crippen LogP contribution is 2.51. The average Bonchev–Trinajstić information content (AvgIpc) is 3.45. The molecule has 0 unspecified atom stereocenters. The molecule has 3 heterocycles. The Morgan fingerprint density at radius 1 is 1.22 bits per heavy atom. The normalized spacial score (nSPS) is 17.8. The molecule has 0 bridgehead atoms. The molecule has 6 rings (SSSR count). The van der Waals surface area contributed by atoms with E-state index in [0.29, 0.717) is 18.2 Å². The van der Waals surface area contributed by atoms with Crippen molar-refractivity contribution in [2.45, 2.75) is 31.7 Å². The van der Waals surface area contributed by atoms with Crippen LogP contribution in [0.3, 0.4) is 0 Å². The smallest absolute Gasteiger partial charge is 0.324 e. The lowest BCUT2D eigenvalue weighted by molar-refractivity contribution is 0.429. The van der Waals surface area contributed by atoms with E-state index in [-0.39, 0.29) is 11.4 Å². The monoisotopic (exact) mass is 432 g/mol. The van der Waals surface area contributed by atoms with Crippen LogP contribution >= 0.6 is 0 Å². The Bertz CT molecular complexity index is 1210. The Morgan fingerprint density at radius 2 is 2.09 bits per heavy atom. The van der Waals surface area contributed by atoms with Crippen LogP contribution in [0.15, 0.2) is 30.5 Å². The molecule has 1 saturated heterocycles. The third-order valence-corrected chi connectivity index (χ3v) is 6.76. The average molecular weight is 433 g/mol. The number of nitrogens with one attached hydrogen (secondary N) is 2. The zero-order chi connectivity index (χ0) is 21.9. The molecule has 3 aromatic rings. The Morgan fingerprint density at radius 3 is 2.84 bits per heavy atom. The molecule has 2 fully saturated rings. The summed E-state index contributed by atoms with van der Waals surface area (Å²) in [4.78, 5) is 16.4. The topological polar surface area (TPSA) is 75.2 Å². The van der Waals surface area contributed by atoms with Gasteiger partial charge in [-0.05, 0) is 55.2 Å². The van der Waals surface area contributed by atoms with Crippen molar-refractivity contribution in [3.8, 4) is 22.9 Å². The zero-order valence-electron chi connectivity index (χ0n) is 18.2. The van der Waals surface area contributed by atoms with Gasteiger partial charge in [0.25, 0.3) is 0 Å². The van der Waals surface area contributed by atoms with Gasteiger partial charge in [-0.3, -0.25) is 4.98 Å². The number of ether oxygens (including phenoxy) is 1. The number of fused-ring (bicyclic) bond motifs is 3. The number of rotatable bonds is 4. The van der Waals surface area contributed by atoms with Crippen molar-refractivity contribution >= 4 is 11.5 Å². The maximum atomic E-state index is 14.5. The number of pyridine rings is 1. The minimum Gasteiger partial charge on any atom is -0.423 e. The van der Waals surface area contributed by atoms with Crippen LogP contribution in [0.5, 0.6) is 11.8 Å². The molecule has 8 heteroatoms. The van der Waals surface area contributed by atoms with Crippen molar-refractivity contribution in [1.82, 2.24) is 20.3 Å². The summed E-state index contributed by atoms with van der Waals surface area (Å²) in [6, 6.07) is 7.23. The van der Waals surface area contributed by atoms with E-state index >= 15 is 0 Å². The summed E-state index contributed by atoms with van der Waals surface area (Å²) >= 11 is 0. The highest BCUT2D eigenvalue weighted by atomic mass is 19.1. The molecule has 3 aliphatic rings. The molecule has 32 heavy (non-hydrogen) atoms. The van der Waals surface area contributed by atoms with Gasteiger partial charge in [-0.1, -0.05) is 0 Å². The summed E-state index contributed by atoms with van der Waals surface area (Å²) in [5.41, 5.74) is 5.50. The van der Waals surface area contributed by atoms with E-state index in [1.807, 2.05) is 26.1 Å². The second-order valence-electron chi connectivity index (χ2n) is 8.85. The van der Waals surface area contributed by atoms with Gasteiger partial charge in [0.2, 0.25) is 0 Å². The molecule has 1 saturated carbocycles. The maximum absolute atomic E-state index is 14.5. The van der Waals surface area contributed by atoms with Crippen LogP contribution in [-0.4, -0.2) is 47.2 Å². The quantitative estimate of drug-likeness (QED) is 0.510. The van der Waals surface area contributed by atoms with Gasteiger partial charge in [-0.15, -0.1) is 0 Å². The minimum absolute atomic E-state index is 0.0744. The number of aromatic nitrogens is 3. The first kappa shape index (κ1) is 19.4. The van der Waals surface area contributed by atoms with Crippen molar-refractivity contribution in [3.05, 3.63) is 53.2 Å². The lowest BCUT2D eigenvalue weighted by Crippen LogP contribution is -2.54. The molecule has 1 aliphatic heterocycles. The Hall–Kier alpha value is -3.26. The number of halogens is 1. The van der Waals surface area contributed by atoms with E-state index in [2.05, 4.69) is 20.5 Å². The number of benzene rings is 1. The molecule has 164 valence electrons. The van der Waals surface area contributed by atoms with Crippen molar-refractivity contribution in [3.63, 3.8) is 0 Å². The first-order valence-electron chi connectivity index (χ1n) is 11.1. The van der Waals surface area contributed by atoms with Gasteiger partial charge in [-0.25, -0.2) is 4.39 Å². The van der Waals surface area contributed by atoms with Crippen molar-refractivity contribution in [2.24, 2.45) is 0 Å². The number of hydrogen-bond acceptors (Lipinski definition) is 7. The third-order valence-electron chi connectivity index (χ3n) is 6.76. The predicted octanol–water partition coefficient (Wildman–Crippen LogP) is 3.67. The van der Waals surface area contributed by atoms with Crippen LogP contribution in [0.4, 0.5) is 15.9 Å². The predicted molar refractivity (Wildman–Crippen MR) is 121 cm³/mol. The fourth-order valence-electron chi connectivity index (χ4n) is 4.94. The molecule has 0 radical (unpaired) electrons. The fourth-order valence-corrected chi connectivity index (χ4v) is 4.94.